The number of rotatable bonds is 5. The molecule has 0 unspecified atom stereocenters. The van der Waals surface area contributed by atoms with Crippen LogP contribution in [0.3, 0.4) is 0 Å². The predicted molar refractivity (Wildman–Crippen MR) is 82.6 cm³/mol. The van der Waals surface area contributed by atoms with E-state index in [1.54, 1.807) is 36.4 Å². The summed E-state index contributed by atoms with van der Waals surface area (Å²) in [6.45, 7) is -0.0472. The molecule has 1 aromatic heterocycles. The Labute approximate surface area is 129 Å². The minimum atomic E-state index is -0.250. The van der Waals surface area contributed by atoms with Gasteiger partial charge in [-0.05, 0) is 24.3 Å². The Morgan fingerprint density at radius 3 is 2.90 bits per heavy atom. The topological polar surface area (TPSA) is 96.9 Å². The minimum absolute atomic E-state index is 0.0438. The zero-order valence-corrected chi connectivity index (χ0v) is 12.3. The van der Waals surface area contributed by atoms with Crippen molar-refractivity contribution in [3.05, 3.63) is 45.6 Å². The van der Waals surface area contributed by atoms with E-state index in [4.69, 9.17) is 27.3 Å². The molecule has 8 heteroatoms. The second-order valence-electron chi connectivity index (χ2n) is 3.97. The van der Waals surface area contributed by atoms with Crippen LogP contribution < -0.4 is 15.8 Å². The molecule has 1 amide bonds. The molecule has 1 heterocycles. The first kappa shape index (κ1) is 15.1. The van der Waals surface area contributed by atoms with Crippen LogP contribution in [0.2, 0.25) is 4.34 Å². The lowest BCUT2D eigenvalue weighted by Crippen LogP contribution is -2.20. The van der Waals surface area contributed by atoms with E-state index in [0.29, 0.717) is 20.7 Å². The van der Waals surface area contributed by atoms with Crippen LogP contribution in [0.25, 0.3) is 0 Å². The van der Waals surface area contributed by atoms with Crippen molar-refractivity contribution in [2.75, 3.05) is 11.9 Å². The van der Waals surface area contributed by atoms with E-state index >= 15 is 0 Å². The molecular formula is C13H12ClN3O3S. The number of hydrogen-bond donors (Lipinski definition) is 3. The molecule has 0 radical (unpaired) electrons. The number of thiophene rings is 1. The molecule has 0 aliphatic heterocycles. The number of anilines is 1. The Morgan fingerprint density at radius 1 is 1.43 bits per heavy atom. The van der Waals surface area contributed by atoms with Gasteiger partial charge < -0.3 is 21.0 Å². The van der Waals surface area contributed by atoms with Gasteiger partial charge in [0.15, 0.2) is 5.84 Å². The van der Waals surface area contributed by atoms with E-state index in [0.717, 1.165) is 0 Å². The highest BCUT2D eigenvalue weighted by Crippen LogP contribution is 2.23. The van der Waals surface area contributed by atoms with Crippen molar-refractivity contribution in [2.24, 2.45) is 10.9 Å². The molecule has 6 nitrogen and oxygen atoms in total. The van der Waals surface area contributed by atoms with Crippen molar-refractivity contribution >= 4 is 40.4 Å². The summed E-state index contributed by atoms with van der Waals surface area (Å²) in [5, 5.41) is 14.0. The van der Waals surface area contributed by atoms with Gasteiger partial charge in [-0.3, -0.25) is 4.79 Å². The highest BCUT2D eigenvalue weighted by molar-refractivity contribution is 7.18. The predicted octanol–water partition coefficient (Wildman–Crippen LogP) is 2.78. The maximum Gasteiger partial charge on any atom is 0.265 e. The summed E-state index contributed by atoms with van der Waals surface area (Å²) >= 11 is 6.99. The molecule has 21 heavy (non-hydrogen) atoms. The number of carbonyl (C=O) groups is 1. The molecule has 1 aromatic carbocycles. The highest BCUT2D eigenvalue weighted by atomic mass is 35.5. The molecule has 4 N–H and O–H groups in total. The Bertz CT molecular complexity index is 672. The first-order chi connectivity index (χ1) is 10.1. The minimum Gasteiger partial charge on any atom is -0.485 e. The molecule has 0 atom stereocenters. The number of carbonyl (C=O) groups excluding carboxylic acids is 1. The fraction of sp³-hybridized carbons (Fsp3) is 0.0769. The molecule has 2 aromatic rings. The smallest absolute Gasteiger partial charge is 0.265 e. The first-order valence-corrected chi connectivity index (χ1v) is 7.04. The van der Waals surface area contributed by atoms with Crippen molar-refractivity contribution in [1.82, 2.24) is 0 Å². The maximum atomic E-state index is 12.0. The number of oxime groups is 1. The van der Waals surface area contributed by atoms with Crippen LogP contribution in [-0.4, -0.2) is 23.6 Å². The van der Waals surface area contributed by atoms with Gasteiger partial charge in [0.05, 0.1) is 9.21 Å². The number of amidine groups is 1. The zero-order valence-electron chi connectivity index (χ0n) is 10.7. The molecule has 0 aliphatic carbocycles. The Kier molecular flexibility index (Phi) is 5.02. The van der Waals surface area contributed by atoms with Gasteiger partial charge in [-0.1, -0.05) is 22.8 Å². The first-order valence-electron chi connectivity index (χ1n) is 5.84. The number of nitrogens with two attached hydrogens (primary N) is 1. The number of nitrogens with one attached hydrogen (secondary N) is 1. The van der Waals surface area contributed by atoms with Crippen molar-refractivity contribution in [3.8, 4) is 5.75 Å². The third-order valence-corrected chi connectivity index (χ3v) is 3.63. The van der Waals surface area contributed by atoms with Gasteiger partial charge in [0.2, 0.25) is 0 Å². The average molecular weight is 326 g/mol. The van der Waals surface area contributed by atoms with Crippen LogP contribution in [0.5, 0.6) is 5.75 Å². The van der Waals surface area contributed by atoms with Crippen LogP contribution in [-0.2, 0) is 0 Å². The van der Waals surface area contributed by atoms with E-state index in [1.165, 1.54) is 11.3 Å². The highest BCUT2D eigenvalue weighted by Gasteiger charge is 2.09. The van der Waals surface area contributed by atoms with Crippen LogP contribution >= 0.6 is 22.9 Å². The van der Waals surface area contributed by atoms with E-state index < -0.39 is 0 Å². The van der Waals surface area contributed by atoms with Gasteiger partial charge in [-0.15, -0.1) is 11.3 Å². The lowest BCUT2D eigenvalue weighted by Gasteiger charge is -2.08. The van der Waals surface area contributed by atoms with Gasteiger partial charge in [-0.25, -0.2) is 0 Å². The Morgan fingerprint density at radius 2 is 2.24 bits per heavy atom. The number of benzene rings is 1. The monoisotopic (exact) mass is 325 g/mol. The van der Waals surface area contributed by atoms with Crippen LogP contribution in [0.15, 0.2) is 41.6 Å². The summed E-state index contributed by atoms with van der Waals surface area (Å²) in [5.74, 6) is 0.196. The van der Waals surface area contributed by atoms with Crippen LogP contribution in [0.4, 0.5) is 5.69 Å². The average Bonchev–Trinajstić information content (AvgIpc) is 2.92. The number of hydrogen-bond acceptors (Lipinski definition) is 5. The molecule has 0 saturated carbocycles. The van der Waals surface area contributed by atoms with Crippen molar-refractivity contribution in [3.63, 3.8) is 0 Å². The molecule has 0 bridgehead atoms. The fourth-order valence-electron chi connectivity index (χ4n) is 1.48. The lowest BCUT2D eigenvalue weighted by atomic mass is 10.3. The lowest BCUT2D eigenvalue weighted by molar-refractivity contribution is 0.103. The quantitative estimate of drug-likeness (QED) is 0.341. The third-order valence-electron chi connectivity index (χ3n) is 2.40. The summed E-state index contributed by atoms with van der Waals surface area (Å²) in [6.07, 6.45) is 0. The molecule has 0 saturated heterocycles. The van der Waals surface area contributed by atoms with Crippen molar-refractivity contribution in [2.45, 2.75) is 0 Å². The van der Waals surface area contributed by atoms with Crippen molar-refractivity contribution in [1.29, 1.82) is 0 Å². The standard InChI is InChI=1S/C13H12ClN3O3S/c14-11-5-4-10(21-11)13(18)16-8-2-1-3-9(6-8)20-7-12(15)17-19/h1-6,19H,7H2,(H2,15,17)(H,16,18). The normalized spacial score (nSPS) is 11.2. The molecule has 0 fully saturated rings. The Balaban J connectivity index is 2.02. The van der Waals surface area contributed by atoms with Gasteiger partial charge in [0.1, 0.15) is 12.4 Å². The van der Waals surface area contributed by atoms with Crippen LogP contribution in [0.1, 0.15) is 9.67 Å². The summed E-state index contributed by atoms with van der Waals surface area (Å²) in [6, 6.07) is 10.1. The van der Waals surface area contributed by atoms with Gasteiger partial charge in [-0.2, -0.15) is 0 Å². The molecule has 0 spiro atoms. The van der Waals surface area contributed by atoms with E-state index in [-0.39, 0.29) is 18.3 Å². The van der Waals surface area contributed by atoms with Gasteiger partial charge in [0, 0.05) is 11.8 Å². The third kappa shape index (κ3) is 4.37. The van der Waals surface area contributed by atoms with Gasteiger partial charge in [0.25, 0.3) is 5.91 Å². The van der Waals surface area contributed by atoms with E-state index in [9.17, 15) is 4.79 Å². The summed E-state index contributed by atoms with van der Waals surface area (Å²) in [4.78, 5) is 12.5. The number of ether oxygens (including phenoxy) is 1. The largest absolute Gasteiger partial charge is 0.485 e. The SMILES string of the molecule is NC(COc1cccc(NC(=O)c2ccc(Cl)s2)c1)=NO. The van der Waals surface area contributed by atoms with E-state index in [1.807, 2.05) is 0 Å². The maximum absolute atomic E-state index is 12.0. The van der Waals surface area contributed by atoms with E-state index in [2.05, 4.69) is 10.5 Å². The van der Waals surface area contributed by atoms with Gasteiger partial charge >= 0.3 is 0 Å². The summed E-state index contributed by atoms with van der Waals surface area (Å²) < 4.78 is 5.86. The number of amides is 1. The molecule has 0 aliphatic rings. The van der Waals surface area contributed by atoms with Crippen LogP contribution in [0, 0.1) is 0 Å². The molecule has 110 valence electrons. The second kappa shape index (κ2) is 6.96. The fourth-order valence-corrected chi connectivity index (χ4v) is 2.42. The zero-order chi connectivity index (χ0) is 15.2. The number of halogens is 1. The summed E-state index contributed by atoms with van der Waals surface area (Å²) in [5.41, 5.74) is 5.88. The summed E-state index contributed by atoms with van der Waals surface area (Å²) in [7, 11) is 0. The second-order valence-corrected chi connectivity index (χ2v) is 5.68. The molecular weight excluding hydrogens is 314 g/mol. The Hall–Kier alpha value is -2.25. The van der Waals surface area contributed by atoms with Crippen molar-refractivity contribution < 1.29 is 14.7 Å². The molecule has 2 rings (SSSR count). The number of nitrogens with zero attached hydrogens (tertiary/aromatic N) is 1.